The van der Waals surface area contributed by atoms with Crippen LogP contribution in [0.5, 0.6) is 11.6 Å². The van der Waals surface area contributed by atoms with E-state index in [1.54, 1.807) is 25.4 Å². The van der Waals surface area contributed by atoms with Crippen LogP contribution < -0.4 is 15.4 Å². The molecule has 1 unspecified atom stereocenters. The maximum absolute atomic E-state index is 13.4. The van der Waals surface area contributed by atoms with E-state index >= 15 is 0 Å². The molecule has 1 aromatic heterocycles. The summed E-state index contributed by atoms with van der Waals surface area (Å²) in [5.74, 6) is 2.49. The first-order valence-corrected chi connectivity index (χ1v) is 10.0. The molecule has 3 rings (SSSR count). The zero-order valence-electron chi connectivity index (χ0n) is 15.7. The van der Waals surface area contributed by atoms with Crippen molar-refractivity contribution in [2.75, 3.05) is 19.3 Å². The molecule has 1 saturated heterocycles. The molecule has 0 spiro atoms. The number of nitrogens with zero attached hydrogens (tertiary/aromatic N) is 2. The molecule has 2 heterocycles. The van der Waals surface area contributed by atoms with Gasteiger partial charge in [-0.15, -0.1) is 0 Å². The van der Waals surface area contributed by atoms with Crippen LogP contribution in [0.15, 0.2) is 47.6 Å². The number of pyridine rings is 1. The second kappa shape index (κ2) is 9.08. The van der Waals surface area contributed by atoms with Crippen molar-refractivity contribution in [1.82, 2.24) is 15.6 Å². The standard InChI is InChI=1S/C20H25FN4OS/c1-20(9-5-11-27-20)14-25-19(22-2)24-13-15-6-4-10-23-18(15)26-17-8-3-7-16(21)12-17/h3-4,6-8,10,12H,5,9,11,13-14H2,1-2H3,(H2,22,24,25). The average Bonchev–Trinajstić information content (AvgIpc) is 3.10. The Hall–Kier alpha value is -2.28. The molecule has 2 N–H and O–H groups in total. The van der Waals surface area contributed by atoms with Crippen LogP contribution >= 0.6 is 11.8 Å². The lowest BCUT2D eigenvalue weighted by Gasteiger charge is -2.24. The fraction of sp³-hybridized carbons (Fsp3) is 0.400. The van der Waals surface area contributed by atoms with Crippen molar-refractivity contribution < 1.29 is 9.13 Å². The first-order valence-electron chi connectivity index (χ1n) is 9.04. The molecule has 27 heavy (non-hydrogen) atoms. The molecule has 2 aromatic rings. The Bertz CT molecular complexity index is 793. The molecule has 1 atom stereocenters. The van der Waals surface area contributed by atoms with Gasteiger partial charge < -0.3 is 15.4 Å². The molecule has 0 amide bonds. The predicted octanol–water partition coefficient (Wildman–Crippen LogP) is 3.96. The minimum Gasteiger partial charge on any atom is -0.439 e. The van der Waals surface area contributed by atoms with E-state index in [-0.39, 0.29) is 10.6 Å². The number of guanidine groups is 1. The van der Waals surface area contributed by atoms with E-state index in [4.69, 9.17) is 4.74 Å². The number of aliphatic imine (C=N–C) groups is 1. The van der Waals surface area contributed by atoms with E-state index in [0.29, 0.717) is 18.2 Å². The van der Waals surface area contributed by atoms with Gasteiger partial charge in [-0.05, 0) is 43.7 Å². The fourth-order valence-electron chi connectivity index (χ4n) is 2.94. The summed E-state index contributed by atoms with van der Waals surface area (Å²) in [4.78, 5) is 8.57. The van der Waals surface area contributed by atoms with Crippen LogP contribution in [-0.2, 0) is 6.54 Å². The van der Waals surface area contributed by atoms with Gasteiger partial charge >= 0.3 is 0 Å². The summed E-state index contributed by atoms with van der Waals surface area (Å²) < 4.78 is 19.4. The van der Waals surface area contributed by atoms with Crippen molar-refractivity contribution >= 4 is 17.7 Å². The third-order valence-electron chi connectivity index (χ3n) is 4.46. The number of hydrogen-bond acceptors (Lipinski definition) is 4. The number of thioether (sulfide) groups is 1. The minimum absolute atomic E-state index is 0.261. The van der Waals surface area contributed by atoms with Crippen LogP contribution in [-0.4, -0.2) is 35.0 Å². The van der Waals surface area contributed by atoms with Crippen molar-refractivity contribution in [3.63, 3.8) is 0 Å². The van der Waals surface area contributed by atoms with Gasteiger partial charge in [0.05, 0.1) is 0 Å². The predicted molar refractivity (Wildman–Crippen MR) is 109 cm³/mol. The summed E-state index contributed by atoms with van der Waals surface area (Å²) in [6, 6.07) is 9.81. The highest BCUT2D eigenvalue weighted by Gasteiger charge is 2.29. The average molecular weight is 389 g/mol. The second-order valence-corrected chi connectivity index (χ2v) is 8.39. The van der Waals surface area contributed by atoms with Gasteiger partial charge in [0, 0.05) is 42.7 Å². The van der Waals surface area contributed by atoms with E-state index in [1.807, 2.05) is 23.9 Å². The van der Waals surface area contributed by atoms with Crippen LogP contribution in [0, 0.1) is 5.82 Å². The molecular formula is C20H25FN4OS. The molecule has 7 heteroatoms. The van der Waals surface area contributed by atoms with Gasteiger partial charge in [-0.1, -0.05) is 12.1 Å². The number of nitrogens with one attached hydrogen (secondary N) is 2. The van der Waals surface area contributed by atoms with Crippen molar-refractivity contribution in [2.45, 2.75) is 31.1 Å². The van der Waals surface area contributed by atoms with Crippen LogP contribution in [0.1, 0.15) is 25.3 Å². The van der Waals surface area contributed by atoms with Crippen molar-refractivity contribution in [3.8, 4) is 11.6 Å². The Balaban J connectivity index is 1.60. The van der Waals surface area contributed by atoms with Crippen molar-refractivity contribution in [2.24, 2.45) is 4.99 Å². The first-order chi connectivity index (χ1) is 13.1. The van der Waals surface area contributed by atoms with Gasteiger partial charge in [-0.3, -0.25) is 4.99 Å². The Morgan fingerprint density at radius 2 is 2.22 bits per heavy atom. The Morgan fingerprint density at radius 1 is 1.33 bits per heavy atom. The molecule has 0 radical (unpaired) electrons. The monoisotopic (exact) mass is 388 g/mol. The van der Waals surface area contributed by atoms with E-state index < -0.39 is 0 Å². The van der Waals surface area contributed by atoms with Crippen LogP contribution in [0.25, 0.3) is 0 Å². The maximum Gasteiger partial charge on any atom is 0.224 e. The highest BCUT2D eigenvalue weighted by Crippen LogP contribution is 2.36. The van der Waals surface area contributed by atoms with E-state index in [1.165, 1.54) is 30.7 Å². The lowest BCUT2D eigenvalue weighted by molar-refractivity contribution is 0.450. The topological polar surface area (TPSA) is 58.5 Å². The SMILES string of the molecule is CN=C(NCc1cccnc1Oc1cccc(F)c1)NCC1(C)CCCS1. The third-order valence-corrected chi connectivity index (χ3v) is 6.00. The van der Waals surface area contributed by atoms with Gasteiger partial charge in [-0.25, -0.2) is 9.37 Å². The number of rotatable bonds is 6. The number of hydrogen-bond donors (Lipinski definition) is 2. The number of ether oxygens (including phenoxy) is 1. The molecule has 0 aliphatic carbocycles. The van der Waals surface area contributed by atoms with Crippen molar-refractivity contribution in [1.29, 1.82) is 0 Å². The van der Waals surface area contributed by atoms with E-state index in [0.717, 1.165) is 18.1 Å². The molecule has 1 aromatic carbocycles. The molecule has 1 aliphatic heterocycles. The number of aromatic nitrogens is 1. The smallest absolute Gasteiger partial charge is 0.224 e. The highest BCUT2D eigenvalue weighted by molar-refractivity contribution is 8.00. The molecular weight excluding hydrogens is 363 g/mol. The first kappa shape index (κ1) is 19.5. The lowest BCUT2D eigenvalue weighted by atomic mass is 10.1. The minimum atomic E-state index is -0.342. The maximum atomic E-state index is 13.4. The summed E-state index contributed by atoms with van der Waals surface area (Å²) in [6.07, 6.45) is 4.14. The van der Waals surface area contributed by atoms with Crippen LogP contribution in [0.3, 0.4) is 0 Å². The van der Waals surface area contributed by atoms with Gasteiger partial charge in [0.25, 0.3) is 0 Å². The largest absolute Gasteiger partial charge is 0.439 e. The van der Waals surface area contributed by atoms with E-state index in [2.05, 4.69) is 27.5 Å². The number of benzene rings is 1. The van der Waals surface area contributed by atoms with Crippen molar-refractivity contribution in [3.05, 3.63) is 54.0 Å². The quantitative estimate of drug-likeness (QED) is 0.579. The molecule has 144 valence electrons. The Morgan fingerprint density at radius 3 is 2.96 bits per heavy atom. The molecule has 1 fully saturated rings. The van der Waals surface area contributed by atoms with E-state index in [9.17, 15) is 4.39 Å². The molecule has 1 aliphatic rings. The summed E-state index contributed by atoms with van der Waals surface area (Å²) in [5, 5.41) is 6.71. The fourth-order valence-corrected chi connectivity index (χ4v) is 4.18. The van der Waals surface area contributed by atoms with Gasteiger partial charge in [-0.2, -0.15) is 11.8 Å². The van der Waals surface area contributed by atoms with Crippen LogP contribution in [0.4, 0.5) is 4.39 Å². The third kappa shape index (κ3) is 5.60. The second-order valence-electron chi connectivity index (χ2n) is 6.71. The Labute approximate surface area is 163 Å². The Kier molecular flexibility index (Phi) is 6.55. The summed E-state index contributed by atoms with van der Waals surface area (Å²) in [5.41, 5.74) is 0.867. The van der Waals surface area contributed by atoms with Gasteiger partial charge in [0.1, 0.15) is 11.6 Å². The normalized spacial score (nSPS) is 19.7. The summed E-state index contributed by atoms with van der Waals surface area (Å²) in [7, 11) is 1.76. The zero-order chi connectivity index (χ0) is 19.1. The number of halogens is 1. The van der Waals surface area contributed by atoms with Gasteiger partial charge in [0.15, 0.2) is 5.96 Å². The van der Waals surface area contributed by atoms with Crippen LogP contribution in [0.2, 0.25) is 0 Å². The molecule has 5 nitrogen and oxygen atoms in total. The highest BCUT2D eigenvalue weighted by atomic mass is 32.2. The molecule has 0 saturated carbocycles. The zero-order valence-corrected chi connectivity index (χ0v) is 16.5. The van der Waals surface area contributed by atoms with Gasteiger partial charge in [0.2, 0.25) is 5.88 Å². The lowest BCUT2D eigenvalue weighted by Crippen LogP contribution is -2.43. The summed E-state index contributed by atoms with van der Waals surface area (Å²) in [6.45, 7) is 3.66. The summed E-state index contributed by atoms with van der Waals surface area (Å²) >= 11 is 2.01. The molecule has 0 bridgehead atoms.